The number of anilines is 2. The molecule has 5 nitrogen and oxygen atoms in total. The zero-order valence-electron chi connectivity index (χ0n) is 9.92. The summed E-state index contributed by atoms with van der Waals surface area (Å²) in [5.41, 5.74) is 2.53. The highest BCUT2D eigenvalue weighted by atomic mass is 16.4. The van der Waals surface area contributed by atoms with Gasteiger partial charge in [0, 0.05) is 18.9 Å². The van der Waals surface area contributed by atoms with Gasteiger partial charge in [-0.3, -0.25) is 0 Å². The largest absolute Gasteiger partial charge is 0.477 e. The number of rotatable bonds is 4. The Morgan fingerprint density at radius 2 is 2.11 bits per heavy atom. The Kier molecular flexibility index (Phi) is 3.34. The summed E-state index contributed by atoms with van der Waals surface area (Å²) in [6, 6.07) is 8.88. The van der Waals surface area contributed by atoms with Crippen molar-refractivity contribution in [1.29, 1.82) is 0 Å². The van der Waals surface area contributed by atoms with Gasteiger partial charge in [0.1, 0.15) is 5.69 Å². The van der Waals surface area contributed by atoms with Crippen molar-refractivity contribution in [3.63, 3.8) is 0 Å². The Hall–Kier alpha value is -2.27. The lowest BCUT2D eigenvalue weighted by Crippen LogP contribution is -2.02. The molecule has 3 N–H and O–H groups in total. The Balaban J connectivity index is 2.23. The fourth-order valence-electron chi connectivity index (χ4n) is 1.76. The number of carboxylic acids is 1. The van der Waals surface area contributed by atoms with Crippen LogP contribution >= 0.6 is 0 Å². The minimum absolute atomic E-state index is 0.0231. The van der Waals surface area contributed by atoms with Crippen molar-refractivity contribution >= 4 is 17.3 Å². The van der Waals surface area contributed by atoms with Gasteiger partial charge in [-0.05, 0) is 23.8 Å². The standard InChI is InChI=1S/C13H14N2O3/c1-15-7-11(6-12(15)13(17)18)14-10-4-2-3-9(5-10)8-16/h2-7,14,16H,8H2,1H3,(H,17,18). The van der Waals surface area contributed by atoms with E-state index in [1.165, 1.54) is 0 Å². The molecule has 0 bridgehead atoms. The first-order valence-electron chi connectivity index (χ1n) is 5.46. The van der Waals surface area contributed by atoms with E-state index in [2.05, 4.69) is 5.32 Å². The second-order valence-electron chi connectivity index (χ2n) is 4.01. The lowest BCUT2D eigenvalue weighted by molar-refractivity contribution is 0.0686. The van der Waals surface area contributed by atoms with E-state index < -0.39 is 5.97 Å². The summed E-state index contributed by atoms with van der Waals surface area (Å²) in [6.07, 6.45) is 1.70. The molecule has 0 spiro atoms. The second-order valence-corrected chi connectivity index (χ2v) is 4.01. The van der Waals surface area contributed by atoms with Crippen LogP contribution in [-0.2, 0) is 13.7 Å². The van der Waals surface area contributed by atoms with E-state index >= 15 is 0 Å². The Bertz CT molecular complexity index is 575. The summed E-state index contributed by atoms with van der Waals surface area (Å²) >= 11 is 0. The number of aromatic nitrogens is 1. The summed E-state index contributed by atoms with van der Waals surface area (Å²) in [6.45, 7) is -0.0231. The van der Waals surface area contributed by atoms with Gasteiger partial charge in [0.05, 0.1) is 12.3 Å². The minimum Gasteiger partial charge on any atom is -0.477 e. The van der Waals surface area contributed by atoms with Gasteiger partial charge in [0.15, 0.2) is 0 Å². The highest BCUT2D eigenvalue weighted by molar-refractivity contribution is 5.87. The fourth-order valence-corrected chi connectivity index (χ4v) is 1.76. The first kappa shape index (κ1) is 12.2. The monoisotopic (exact) mass is 246 g/mol. The fraction of sp³-hybridized carbons (Fsp3) is 0.154. The minimum atomic E-state index is -0.963. The molecule has 2 aromatic rings. The molecular formula is C13H14N2O3. The number of aryl methyl sites for hydroxylation is 1. The average molecular weight is 246 g/mol. The average Bonchev–Trinajstić information content (AvgIpc) is 2.70. The van der Waals surface area contributed by atoms with Gasteiger partial charge in [-0.2, -0.15) is 0 Å². The highest BCUT2D eigenvalue weighted by Gasteiger charge is 2.09. The number of hydrogen-bond acceptors (Lipinski definition) is 3. The predicted octanol–water partition coefficient (Wildman–Crippen LogP) is 1.96. The Morgan fingerprint density at radius 1 is 1.33 bits per heavy atom. The molecule has 0 fully saturated rings. The Labute approximate surface area is 104 Å². The summed E-state index contributed by atoms with van der Waals surface area (Å²) in [7, 11) is 1.68. The molecule has 2 rings (SSSR count). The summed E-state index contributed by atoms with van der Waals surface area (Å²) < 4.78 is 1.54. The van der Waals surface area contributed by atoms with Crippen molar-refractivity contribution in [2.24, 2.45) is 7.05 Å². The van der Waals surface area contributed by atoms with Crippen LogP contribution in [0.15, 0.2) is 36.5 Å². The summed E-state index contributed by atoms with van der Waals surface area (Å²) in [5.74, 6) is -0.963. The van der Waals surface area contributed by atoms with E-state index in [1.54, 1.807) is 23.9 Å². The molecule has 0 saturated heterocycles. The zero-order chi connectivity index (χ0) is 13.1. The van der Waals surface area contributed by atoms with Crippen LogP contribution in [-0.4, -0.2) is 20.7 Å². The van der Waals surface area contributed by atoms with Gasteiger partial charge in [-0.25, -0.2) is 4.79 Å². The third kappa shape index (κ3) is 2.52. The molecule has 0 aliphatic heterocycles. The quantitative estimate of drug-likeness (QED) is 0.771. The number of carboxylic acid groups (broad SMARTS) is 1. The van der Waals surface area contributed by atoms with Gasteiger partial charge < -0.3 is 20.1 Å². The molecule has 0 aliphatic carbocycles. The molecule has 1 heterocycles. The molecule has 1 aromatic heterocycles. The van der Waals surface area contributed by atoms with Gasteiger partial charge >= 0.3 is 5.97 Å². The number of aromatic carboxylic acids is 1. The number of aliphatic hydroxyl groups excluding tert-OH is 1. The molecule has 0 aliphatic rings. The summed E-state index contributed by atoms with van der Waals surface area (Å²) in [4.78, 5) is 10.9. The van der Waals surface area contributed by atoms with Crippen LogP contribution in [0, 0.1) is 0 Å². The van der Waals surface area contributed by atoms with E-state index in [1.807, 2.05) is 24.3 Å². The summed E-state index contributed by atoms with van der Waals surface area (Å²) in [5, 5.41) is 21.1. The molecule has 0 amide bonds. The molecule has 94 valence electrons. The third-order valence-electron chi connectivity index (χ3n) is 2.62. The maximum Gasteiger partial charge on any atom is 0.352 e. The van der Waals surface area contributed by atoms with Crippen LogP contribution < -0.4 is 5.32 Å². The van der Waals surface area contributed by atoms with Gasteiger partial charge in [0.25, 0.3) is 0 Å². The van der Waals surface area contributed by atoms with Crippen LogP contribution in [0.1, 0.15) is 16.1 Å². The van der Waals surface area contributed by atoms with Crippen LogP contribution in [0.4, 0.5) is 11.4 Å². The molecule has 1 aromatic carbocycles. The molecule has 0 saturated carbocycles. The van der Waals surface area contributed by atoms with E-state index in [0.717, 1.165) is 11.3 Å². The zero-order valence-corrected chi connectivity index (χ0v) is 9.92. The molecular weight excluding hydrogens is 232 g/mol. The topological polar surface area (TPSA) is 74.5 Å². The van der Waals surface area contributed by atoms with Crippen molar-refractivity contribution < 1.29 is 15.0 Å². The van der Waals surface area contributed by atoms with E-state index in [9.17, 15) is 4.79 Å². The van der Waals surface area contributed by atoms with Crippen molar-refractivity contribution in [3.8, 4) is 0 Å². The van der Waals surface area contributed by atoms with Crippen molar-refractivity contribution in [3.05, 3.63) is 47.8 Å². The van der Waals surface area contributed by atoms with E-state index in [4.69, 9.17) is 10.2 Å². The third-order valence-corrected chi connectivity index (χ3v) is 2.62. The molecule has 5 heteroatoms. The SMILES string of the molecule is Cn1cc(Nc2cccc(CO)c2)cc1C(=O)O. The van der Waals surface area contributed by atoms with E-state index in [0.29, 0.717) is 5.69 Å². The van der Waals surface area contributed by atoms with E-state index in [-0.39, 0.29) is 12.3 Å². The number of benzene rings is 1. The van der Waals surface area contributed by atoms with Crippen molar-refractivity contribution in [1.82, 2.24) is 4.57 Å². The first-order chi connectivity index (χ1) is 8.60. The predicted molar refractivity (Wildman–Crippen MR) is 68.0 cm³/mol. The highest BCUT2D eigenvalue weighted by Crippen LogP contribution is 2.20. The molecule has 0 unspecified atom stereocenters. The number of aliphatic hydroxyl groups is 1. The molecule has 0 radical (unpaired) electrons. The smallest absolute Gasteiger partial charge is 0.352 e. The Morgan fingerprint density at radius 3 is 2.72 bits per heavy atom. The number of hydrogen-bond donors (Lipinski definition) is 3. The maximum atomic E-state index is 10.9. The van der Waals surface area contributed by atoms with Gasteiger partial charge in [-0.1, -0.05) is 12.1 Å². The number of nitrogens with one attached hydrogen (secondary N) is 1. The van der Waals surface area contributed by atoms with Crippen LogP contribution in [0.2, 0.25) is 0 Å². The number of nitrogens with zero attached hydrogens (tertiary/aromatic N) is 1. The van der Waals surface area contributed by atoms with Crippen LogP contribution in [0.5, 0.6) is 0 Å². The van der Waals surface area contributed by atoms with Crippen LogP contribution in [0.3, 0.4) is 0 Å². The number of carbonyl (C=O) groups is 1. The van der Waals surface area contributed by atoms with Crippen molar-refractivity contribution in [2.45, 2.75) is 6.61 Å². The molecule has 0 atom stereocenters. The van der Waals surface area contributed by atoms with Gasteiger partial charge in [0.2, 0.25) is 0 Å². The van der Waals surface area contributed by atoms with Crippen molar-refractivity contribution in [2.75, 3.05) is 5.32 Å². The maximum absolute atomic E-state index is 10.9. The lowest BCUT2D eigenvalue weighted by Gasteiger charge is -2.05. The lowest BCUT2D eigenvalue weighted by atomic mass is 10.2. The second kappa shape index (κ2) is 4.93. The first-order valence-corrected chi connectivity index (χ1v) is 5.46. The van der Waals surface area contributed by atoms with Gasteiger partial charge in [-0.15, -0.1) is 0 Å². The van der Waals surface area contributed by atoms with Crippen LogP contribution in [0.25, 0.3) is 0 Å². The molecule has 18 heavy (non-hydrogen) atoms. The normalized spacial score (nSPS) is 10.3.